The zero-order valence-electron chi connectivity index (χ0n) is 8.34. The Bertz CT molecular complexity index is 527. The van der Waals surface area contributed by atoms with E-state index in [1.54, 1.807) is 7.11 Å². The molecule has 2 nitrogen and oxygen atoms in total. The summed E-state index contributed by atoms with van der Waals surface area (Å²) in [7, 11) is 1.65. The minimum Gasteiger partial charge on any atom is -0.496 e. The van der Waals surface area contributed by atoms with Gasteiger partial charge in [0.15, 0.2) is 0 Å². The van der Waals surface area contributed by atoms with Crippen LogP contribution in [-0.2, 0) is 0 Å². The first kappa shape index (κ1) is 11.0. The summed E-state index contributed by atoms with van der Waals surface area (Å²) in [5.74, 6) is 0.829. The van der Waals surface area contributed by atoms with E-state index in [-0.39, 0.29) is 0 Å². The molecule has 1 aromatic carbocycles. The summed E-state index contributed by atoms with van der Waals surface area (Å²) in [5.41, 5.74) is 1.83. The summed E-state index contributed by atoms with van der Waals surface area (Å²) in [5, 5.41) is 1.65. The molecule has 0 unspecified atom stereocenters. The Morgan fingerprint density at radius 2 is 2.07 bits per heavy atom. The third-order valence-corrected chi connectivity index (χ3v) is 3.32. The first-order valence-electron chi connectivity index (χ1n) is 4.42. The van der Waals surface area contributed by atoms with Gasteiger partial charge in [0.25, 0.3) is 0 Å². The Balaban J connectivity index is 2.81. The second kappa shape index (κ2) is 4.14. The van der Waals surface area contributed by atoms with E-state index in [9.17, 15) is 0 Å². The summed E-state index contributed by atoms with van der Waals surface area (Å²) in [6, 6.07) is 5.76. The lowest BCUT2D eigenvalue weighted by Gasteiger charge is -2.07. The van der Waals surface area contributed by atoms with Crippen molar-refractivity contribution in [2.75, 3.05) is 7.11 Å². The van der Waals surface area contributed by atoms with Gasteiger partial charge in [-0.3, -0.25) is 4.98 Å². The van der Waals surface area contributed by atoms with Crippen molar-refractivity contribution in [2.24, 2.45) is 0 Å². The summed E-state index contributed by atoms with van der Waals surface area (Å²) in [6.07, 6.45) is 0. The lowest BCUT2D eigenvalue weighted by molar-refractivity contribution is 0.412. The number of aryl methyl sites for hydroxylation is 1. The van der Waals surface area contributed by atoms with Gasteiger partial charge in [-0.15, -0.1) is 0 Å². The monoisotopic (exact) mass is 333 g/mol. The van der Waals surface area contributed by atoms with Crippen LogP contribution in [0.4, 0.5) is 0 Å². The number of ether oxygens (including phenoxy) is 1. The van der Waals surface area contributed by atoms with Gasteiger partial charge < -0.3 is 4.74 Å². The van der Waals surface area contributed by atoms with Crippen molar-refractivity contribution in [3.63, 3.8) is 0 Å². The van der Waals surface area contributed by atoms with Gasteiger partial charge in [0.2, 0.25) is 0 Å². The van der Waals surface area contributed by atoms with Crippen LogP contribution in [0.1, 0.15) is 5.69 Å². The number of fused-ring (bicyclic) bond motifs is 1. The van der Waals surface area contributed by atoms with E-state index in [1.807, 2.05) is 25.1 Å². The predicted octanol–water partition coefficient (Wildman–Crippen LogP) is 3.81. The molecule has 2 rings (SSSR count). The van der Waals surface area contributed by atoms with Crippen LogP contribution >= 0.6 is 34.2 Å². The van der Waals surface area contributed by atoms with Crippen LogP contribution in [-0.4, -0.2) is 12.1 Å². The molecule has 1 heterocycles. The number of nitrogens with zero attached hydrogens (tertiary/aromatic N) is 1. The largest absolute Gasteiger partial charge is 0.496 e. The maximum Gasteiger partial charge on any atom is 0.132 e. The van der Waals surface area contributed by atoms with Crippen LogP contribution in [0.15, 0.2) is 18.2 Å². The Hall–Kier alpha value is -0.550. The molecule has 0 aliphatic carbocycles. The Kier molecular flexibility index (Phi) is 3.02. The van der Waals surface area contributed by atoms with Crippen LogP contribution in [0.2, 0.25) is 5.02 Å². The second-order valence-corrected chi connectivity index (χ2v) is 4.82. The highest BCUT2D eigenvalue weighted by molar-refractivity contribution is 14.1. The van der Waals surface area contributed by atoms with Gasteiger partial charge in [-0.1, -0.05) is 11.6 Å². The zero-order chi connectivity index (χ0) is 11.0. The van der Waals surface area contributed by atoms with E-state index in [0.717, 1.165) is 25.9 Å². The van der Waals surface area contributed by atoms with Crippen molar-refractivity contribution < 1.29 is 4.74 Å². The Morgan fingerprint density at radius 1 is 1.33 bits per heavy atom. The van der Waals surface area contributed by atoms with Crippen LogP contribution in [0.3, 0.4) is 0 Å². The molecule has 15 heavy (non-hydrogen) atoms. The molecule has 0 saturated carbocycles. The van der Waals surface area contributed by atoms with E-state index < -0.39 is 0 Å². The molecule has 0 amide bonds. The van der Waals surface area contributed by atoms with Crippen LogP contribution in [0, 0.1) is 10.5 Å². The molecule has 2 aromatic rings. The fraction of sp³-hybridized carbons (Fsp3) is 0.182. The molecule has 4 heteroatoms. The molecule has 1 aromatic heterocycles. The van der Waals surface area contributed by atoms with Gasteiger partial charge in [-0.2, -0.15) is 0 Å². The highest BCUT2D eigenvalue weighted by Crippen LogP contribution is 2.30. The van der Waals surface area contributed by atoms with Crippen molar-refractivity contribution >= 4 is 45.1 Å². The molecular weight excluding hydrogens is 324 g/mol. The summed E-state index contributed by atoms with van der Waals surface area (Å²) < 4.78 is 6.28. The minimum absolute atomic E-state index is 0.715. The van der Waals surface area contributed by atoms with Crippen molar-refractivity contribution in [1.82, 2.24) is 4.98 Å². The van der Waals surface area contributed by atoms with E-state index in [1.165, 1.54) is 0 Å². The molecule has 0 saturated heterocycles. The first-order valence-corrected chi connectivity index (χ1v) is 5.88. The molecule has 0 aliphatic rings. The molecule has 0 spiro atoms. The molecular formula is C11H9ClINO. The summed E-state index contributed by atoms with van der Waals surface area (Å²) in [4.78, 5) is 4.43. The molecule has 78 valence electrons. The minimum atomic E-state index is 0.715. The van der Waals surface area contributed by atoms with Gasteiger partial charge in [-0.05, 0) is 47.7 Å². The lowest BCUT2D eigenvalue weighted by atomic mass is 10.2. The van der Waals surface area contributed by atoms with Crippen LogP contribution in [0.25, 0.3) is 10.9 Å². The third-order valence-electron chi connectivity index (χ3n) is 2.16. The van der Waals surface area contributed by atoms with Crippen molar-refractivity contribution in [3.8, 4) is 5.75 Å². The summed E-state index contributed by atoms with van der Waals surface area (Å²) in [6.45, 7) is 1.93. The molecule has 0 fully saturated rings. The topological polar surface area (TPSA) is 22.1 Å². The highest BCUT2D eigenvalue weighted by Gasteiger charge is 2.07. The zero-order valence-corrected chi connectivity index (χ0v) is 11.3. The maximum absolute atomic E-state index is 6.15. The molecule has 0 radical (unpaired) electrons. The fourth-order valence-corrected chi connectivity index (χ4v) is 2.45. The first-order chi connectivity index (χ1) is 7.11. The molecule has 0 aliphatic heterocycles. The SMILES string of the molecule is COc1cc2c(Cl)cc(C)nc2cc1I. The number of pyridine rings is 1. The average molecular weight is 334 g/mol. The van der Waals surface area contributed by atoms with Gasteiger partial charge in [0.05, 0.1) is 21.2 Å². The number of halogens is 2. The smallest absolute Gasteiger partial charge is 0.132 e. The van der Waals surface area contributed by atoms with Crippen LogP contribution in [0.5, 0.6) is 5.75 Å². The van der Waals surface area contributed by atoms with Crippen molar-refractivity contribution in [1.29, 1.82) is 0 Å². The number of hydrogen-bond acceptors (Lipinski definition) is 2. The quantitative estimate of drug-likeness (QED) is 0.740. The predicted molar refractivity (Wildman–Crippen MR) is 70.8 cm³/mol. The normalized spacial score (nSPS) is 10.7. The third kappa shape index (κ3) is 2.03. The van der Waals surface area contributed by atoms with E-state index in [2.05, 4.69) is 27.6 Å². The van der Waals surface area contributed by atoms with E-state index in [4.69, 9.17) is 16.3 Å². The van der Waals surface area contributed by atoms with Gasteiger partial charge in [0.1, 0.15) is 5.75 Å². The molecule has 0 N–H and O–H groups in total. The number of benzene rings is 1. The maximum atomic E-state index is 6.15. The Labute approximate surface area is 107 Å². The standard InChI is InChI=1S/C11H9ClINO/c1-6-3-8(12)7-4-11(15-2)9(13)5-10(7)14-6/h3-5H,1-2H3. The van der Waals surface area contributed by atoms with Crippen LogP contribution < -0.4 is 4.74 Å². The number of methoxy groups -OCH3 is 1. The number of hydrogen-bond donors (Lipinski definition) is 0. The van der Waals surface area contributed by atoms with Gasteiger partial charge in [-0.25, -0.2) is 0 Å². The number of rotatable bonds is 1. The fourth-order valence-electron chi connectivity index (χ4n) is 1.47. The lowest BCUT2D eigenvalue weighted by Crippen LogP contribution is -1.90. The number of aromatic nitrogens is 1. The molecule has 0 bridgehead atoms. The average Bonchev–Trinajstić information content (AvgIpc) is 2.16. The van der Waals surface area contributed by atoms with Crippen molar-refractivity contribution in [3.05, 3.63) is 32.5 Å². The summed E-state index contributed by atoms with van der Waals surface area (Å²) >= 11 is 8.37. The highest BCUT2D eigenvalue weighted by atomic mass is 127. The molecule has 0 atom stereocenters. The van der Waals surface area contributed by atoms with Gasteiger partial charge in [0, 0.05) is 11.1 Å². The van der Waals surface area contributed by atoms with E-state index >= 15 is 0 Å². The van der Waals surface area contributed by atoms with Gasteiger partial charge >= 0.3 is 0 Å². The second-order valence-electron chi connectivity index (χ2n) is 3.25. The van der Waals surface area contributed by atoms with E-state index in [0.29, 0.717) is 5.02 Å². The Morgan fingerprint density at radius 3 is 2.73 bits per heavy atom. The van der Waals surface area contributed by atoms with Crippen molar-refractivity contribution in [2.45, 2.75) is 6.92 Å².